The number of pyridine rings is 1. The van der Waals surface area contributed by atoms with E-state index in [1.807, 2.05) is 48.7 Å². The molecule has 0 atom stereocenters. The summed E-state index contributed by atoms with van der Waals surface area (Å²) in [5, 5.41) is 0.359. The topological polar surface area (TPSA) is 64.0 Å². The largest absolute Gasteiger partial charge is 0.494 e. The van der Waals surface area contributed by atoms with Crippen LogP contribution in [0.4, 0.5) is 14.5 Å². The average Bonchev–Trinajstić information content (AvgIpc) is 3.13. The number of rotatable bonds is 17. The summed E-state index contributed by atoms with van der Waals surface area (Å²) in [5.74, 6) is -0.134. The first-order chi connectivity index (χ1) is 25.2. The Bertz CT molecular complexity index is 1870. The second-order valence-electron chi connectivity index (χ2n) is 13.8. The van der Waals surface area contributed by atoms with E-state index in [4.69, 9.17) is 9.47 Å². The number of anilines is 1. The van der Waals surface area contributed by atoms with Crippen LogP contribution >= 0.6 is 11.8 Å². The normalized spacial score (nSPS) is 18.1. The highest BCUT2D eigenvalue weighted by atomic mass is 32.2. The van der Waals surface area contributed by atoms with Crippen LogP contribution in [0.3, 0.4) is 0 Å². The molecule has 0 radical (unpaired) electrons. The molecule has 0 unspecified atom stereocenters. The van der Waals surface area contributed by atoms with Crippen LogP contribution in [0.25, 0.3) is 16.6 Å². The number of hydrogen-bond donors (Lipinski definition) is 0. The fraction of sp³-hybridized carbons (Fsp3) is 0.463. The van der Waals surface area contributed by atoms with E-state index in [0.717, 1.165) is 35.3 Å². The summed E-state index contributed by atoms with van der Waals surface area (Å²) in [6.07, 6.45) is 7.67. The van der Waals surface area contributed by atoms with Gasteiger partial charge in [-0.2, -0.15) is 0 Å². The molecule has 4 aromatic rings. The van der Waals surface area contributed by atoms with Gasteiger partial charge in [-0.1, -0.05) is 12.8 Å². The molecule has 3 aromatic carbocycles. The van der Waals surface area contributed by atoms with Gasteiger partial charge in [0, 0.05) is 72.6 Å². The molecule has 8 nitrogen and oxygen atoms in total. The lowest BCUT2D eigenvalue weighted by molar-refractivity contribution is -0.941. The molecule has 3 aliphatic rings. The Hall–Kier alpha value is -3.93. The number of carbonyl (C=O) groups is 1. The molecule has 2 bridgehead atoms. The SMILES string of the molecule is CCOc1cc(OCC)cc(-n2cc(C(=O)N(CC)c3cc(F)cc(F)c3)c(=O)c3ccc(SCCCCCCC[N+]45CCN(CC4)CC5)cc32)c1. The first-order valence-corrected chi connectivity index (χ1v) is 19.8. The molecule has 4 heterocycles. The van der Waals surface area contributed by atoms with Gasteiger partial charge in [-0.05, 0) is 76.1 Å². The maximum absolute atomic E-state index is 14.2. The molecule has 0 saturated carbocycles. The lowest BCUT2D eigenvalue weighted by atomic mass is 10.1. The van der Waals surface area contributed by atoms with Crippen molar-refractivity contribution in [2.45, 2.75) is 57.8 Å². The summed E-state index contributed by atoms with van der Waals surface area (Å²) >= 11 is 1.76. The third-order valence-electron chi connectivity index (χ3n) is 10.4. The molecule has 0 N–H and O–H groups in total. The molecule has 0 spiro atoms. The van der Waals surface area contributed by atoms with E-state index >= 15 is 0 Å². The first-order valence-electron chi connectivity index (χ1n) is 18.8. The van der Waals surface area contributed by atoms with Crippen molar-refractivity contribution in [2.24, 2.45) is 0 Å². The van der Waals surface area contributed by atoms with Gasteiger partial charge in [-0.25, -0.2) is 8.78 Å². The van der Waals surface area contributed by atoms with Gasteiger partial charge in [0.1, 0.15) is 28.7 Å². The van der Waals surface area contributed by atoms with Gasteiger partial charge in [-0.3, -0.25) is 14.5 Å². The summed E-state index contributed by atoms with van der Waals surface area (Å²) in [6.45, 7) is 15.6. The van der Waals surface area contributed by atoms with Crippen LogP contribution in [-0.2, 0) is 0 Å². The number of ether oxygens (including phenoxy) is 2. The van der Waals surface area contributed by atoms with Crippen LogP contribution in [0, 0.1) is 11.6 Å². The zero-order chi connectivity index (χ0) is 36.7. The van der Waals surface area contributed by atoms with Crippen molar-refractivity contribution in [1.29, 1.82) is 0 Å². The van der Waals surface area contributed by atoms with Crippen LogP contribution < -0.4 is 19.8 Å². The van der Waals surface area contributed by atoms with Gasteiger partial charge >= 0.3 is 0 Å². The van der Waals surface area contributed by atoms with E-state index in [2.05, 4.69) is 4.90 Å². The molecule has 1 amide bonds. The minimum atomic E-state index is -0.808. The molecule has 7 rings (SSSR count). The van der Waals surface area contributed by atoms with Crippen LogP contribution in [-0.4, -0.2) is 91.2 Å². The molecular weight excluding hydrogens is 683 g/mol. The second kappa shape index (κ2) is 17.3. The Morgan fingerprint density at radius 1 is 0.827 bits per heavy atom. The van der Waals surface area contributed by atoms with E-state index in [1.165, 1.54) is 87.1 Å². The van der Waals surface area contributed by atoms with Gasteiger partial charge in [0.2, 0.25) is 5.43 Å². The number of quaternary nitrogens is 1. The van der Waals surface area contributed by atoms with Crippen LogP contribution in [0.1, 0.15) is 63.2 Å². The van der Waals surface area contributed by atoms with E-state index in [-0.39, 0.29) is 17.8 Å². The number of amides is 1. The third kappa shape index (κ3) is 8.81. The summed E-state index contributed by atoms with van der Waals surface area (Å²) < 4.78 is 43.3. The standard InChI is InChI=1S/C41H51F2N4O4S/c1-4-45(32-23-30(42)22-31(43)24-32)41(49)38-29-46(33-25-34(50-5-2)27-35(26-33)51-6-3)39-28-36(12-13-37(39)40(38)48)52-21-11-9-7-8-10-17-47-18-14-44(15-19-47)16-20-47/h12-13,22-29H,4-11,14-21H2,1-3H3/q+1. The highest BCUT2D eigenvalue weighted by molar-refractivity contribution is 7.99. The van der Waals surface area contributed by atoms with Crippen molar-refractivity contribution in [3.05, 3.63) is 88.2 Å². The number of hydrogen-bond acceptors (Lipinski definition) is 6. The Labute approximate surface area is 309 Å². The fourth-order valence-electron chi connectivity index (χ4n) is 7.58. The van der Waals surface area contributed by atoms with Gasteiger partial charge in [-0.15, -0.1) is 11.8 Å². The Kier molecular flexibility index (Phi) is 12.6. The molecule has 0 aliphatic carbocycles. The molecule has 11 heteroatoms. The summed E-state index contributed by atoms with van der Waals surface area (Å²) in [5.41, 5.74) is 0.742. The molecule has 3 saturated heterocycles. The number of thioether (sulfide) groups is 1. The first kappa shape index (κ1) is 37.8. The van der Waals surface area contributed by atoms with Gasteiger partial charge in [0.05, 0.1) is 50.6 Å². The zero-order valence-electron chi connectivity index (χ0n) is 30.7. The van der Waals surface area contributed by atoms with Crippen LogP contribution in [0.2, 0.25) is 0 Å². The maximum atomic E-state index is 14.2. The second-order valence-corrected chi connectivity index (χ2v) is 15.0. The molecule has 52 heavy (non-hydrogen) atoms. The van der Waals surface area contributed by atoms with Crippen molar-refractivity contribution >= 4 is 34.3 Å². The molecule has 1 aromatic heterocycles. The van der Waals surface area contributed by atoms with Crippen molar-refractivity contribution in [3.8, 4) is 17.2 Å². The Balaban J connectivity index is 1.23. The molecule has 278 valence electrons. The number of fused-ring (bicyclic) bond motifs is 4. The van der Waals surface area contributed by atoms with E-state index < -0.39 is 23.0 Å². The van der Waals surface area contributed by atoms with Crippen molar-refractivity contribution in [2.75, 3.05) is 76.2 Å². The lowest BCUT2D eigenvalue weighted by Crippen LogP contribution is -2.67. The summed E-state index contributed by atoms with van der Waals surface area (Å²) in [4.78, 5) is 32.9. The maximum Gasteiger partial charge on any atom is 0.263 e. The predicted molar refractivity (Wildman–Crippen MR) is 206 cm³/mol. The van der Waals surface area contributed by atoms with Crippen LogP contribution in [0.15, 0.2) is 70.5 Å². The minimum Gasteiger partial charge on any atom is -0.494 e. The van der Waals surface area contributed by atoms with Gasteiger partial charge < -0.3 is 23.4 Å². The molecule has 3 fully saturated rings. The number of unbranched alkanes of at least 4 members (excludes halogenated alkanes) is 4. The quantitative estimate of drug-likeness (QED) is 0.0625. The number of aromatic nitrogens is 1. The number of nitrogens with zero attached hydrogens (tertiary/aromatic N) is 4. The lowest BCUT2D eigenvalue weighted by Gasteiger charge is -2.50. The van der Waals surface area contributed by atoms with E-state index in [1.54, 1.807) is 24.8 Å². The molecular formula is C41H51F2N4O4S+. The highest BCUT2D eigenvalue weighted by Crippen LogP contribution is 2.31. The van der Waals surface area contributed by atoms with Gasteiger partial charge in [0.15, 0.2) is 0 Å². The number of piperazine rings is 3. The third-order valence-corrected chi connectivity index (χ3v) is 11.5. The van der Waals surface area contributed by atoms with Crippen molar-refractivity contribution < 1.29 is 27.5 Å². The smallest absolute Gasteiger partial charge is 0.263 e. The van der Waals surface area contributed by atoms with Crippen molar-refractivity contribution in [1.82, 2.24) is 9.47 Å². The number of benzene rings is 3. The predicted octanol–water partition coefficient (Wildman–Crippen LogP) is 7.92. The minimum absolute atomic E-state index is 0.0353. The number of carbonyl (C=O) groups excluding carboxylic acids is 1. The van der Waals surface area contributed by atoms with E-state index in [0.29, 0.717) is 41.3 Å². The van der Waals surface area contributed by atoms with E-state index in [9.17, 15) is 18.4 Å². The zero-order valence-corrected chi connectivity index (χ0v) is 31.5. The summed E-state index contributed by atoms with van der Waals surface area (Å²) in [7, 11) is 0. The Morgan fingerprint density at radius 2 is 1.46 bits per heavy atom. The highest BCUT2D eigenvalue weighted by Gasteiger charge is 2.37. The number of halogens is 2. The molecule has 3 aliphatic heterocycles. The monoisotopic (exact) mass is 733 g/mol. The van der Waals surface area contributed by atoms with Crippen molar-refractivity contribution in [3.63, 3.8) is 0 Å². The Morgan fingerprint density at radius 3 is 2.10 bits per heavy atom. The average molecular weight is 734 g/mol. The van der Waals surface area contributed by atoms with Crippen LogP contribution in [0.5, 0.6) is 11.5 Å². The van der Waals surface area contributed by atoms with Gasteiger partial charge in [0.25, 0.3) is 5.91 Å². The fourth-order valence-corrected chi connectivity index (χ4v) is 8.52. The summed E-state index contributed by atoms with van der Waals surface area (Å²) in [6, 6.07) is 14.1.